The van der Waals surface area contributed by atoms with Crippen LogP contribution in [0.15, 0.2) is 12.2 Å². The maximum Gasteiger partial charge on any atom is 1.00 e. The van der Waals surface area contributed by atoms with E-state index in [4.69, 9.17) is 0 Å². The van der Waals surface area contributed by atoms with E-state index in [1.54, 1.807) is 0 Å². The quantitative estimate of drug-likeness (QED) is 0.0701. The molecule has 1 amide bonds. The molecule has 37 heavy (non-hydrogen) atoms. The van der Waals surface area contributed by atoms with Crippen molar-refractivity contribution in [3.05, 3.63) is 12.2 Å². The van der Waals surface area contributed by atoms with Crippen molar-refractivity contribution >= 4 is 23.8 Å². The average molecular weight is 550 g/mol. The fourth-order valence-electron chi connectivity index (χ4n) is 3.96. The molecule has 0 aliphatic heterocycles. The van der Waals surface area contributed by atoms with Gasteiger partial charge in [-0.3, -0.25) is 4.79 Å². The Kier molecular flexibility index (Phi) is 37.6. The van der Waals surface area contributed by atoms with Crippen LogP contribution in [0.2, 0.25) is 0 Å². The van der Waals surface area contributed by atoms with Gasteiger partial charge in [0.05, 0.1) is 18.0 Å². The number of aliphatic carboxylic acids is 3. The first-order valence-electron chi connectivity index (χ1n) is 12.9. The summed E-state index contributed by atoms with van der Waals surface area (Å²) < 4.78 is 0. The minimum atomic E-state index is -1.73. The summed E-state index contributed by atoms with van der Waals surface area (Å²) in [4.78, 5) is 45.8. The number of hydrogen-bond acceptors (Lipinski definition) is 7. The van der Waals surface area contributed by atoms with E-state index in [-0.39, 0.29) is 95.2 Å². The van der Waals surface area contributed by atoms with E-state index in [2.05, 4.69) is 6.92 Å². The molecule has 0 saturated carbocycles. The first kappa shape index (κ1) is 44.6. The summed E-state index contributed by atoms with van der Waals surface area (Å²) in [6.45, 7) is 2.22. The maximum absolute atomic E-state index is 12.2. The van der Waals surface area contributed by atoms with Gasteiger partial charge in [0, 0.05) is 25.0 Å². The van der Waals surface area contributed by atoms with E-state index in [0.29, 0.717) is 18.6 Å². The summed E-state index contributed by atoms with van der Waals surface area (Å²) in [5.41, 5.74) is 0. The molecule has 0 saturated heterocycles. The van der Waals surface area contributed by atoms with Crippen molar-refractivity contribution in [3.63, 3.8) is 0 Å². The van der Waals surface area contributed by atoms with Crippen LogP contribution in [0.5, 0.6) is 0 Å². The Morgan fingerprint density at radius 3 is 1.32 bits per heavy atom. The molecule has 1 atom stereocenters. The Morgan fingerprint density at radius 1 is 0.622 bits per heavy atom. The van der Waals surface area contributed by atoms with Gasteiger partial charge in [-0.25, -0.2) is 0 Å². The van der Waals surface area contributed by atoms with Gasteiger partial charge >= 0.3 is 88.7 Å². The molecule has 0 spiro atoms. The van der Waals surface area contributed by atoms with E-state index < -0.39 is 36.3 Å². The van der Waals surface area contributed by atoms with Crippen molar-refractivity contribution < 1.29 is 123 Å². The van der Waals surface area contributed by atoms with E-state index in [0.717, 1.165) is 30.6 Å². The molecule has 196 valence electrons. The van der Waals surface area contributed by atoms with Gasteiger partial charge in [0.1, 0.15) is 0 Å². The van der Waals surface area contributed by atoms with E-state index in [1.165, 1.54) is 70.6 Å². The SMILES string of the molecule is CCCCCCCCCCCCCCCCCCN(C(=O)C=CC(=O)[O-])[C@@H](CC(=O)[O-])C(=O)[O-].[Na+].[Na+].[Na+]. The molecule has 0 aromatic carbocycles. The van der Waals surface area contributed by atoms with Crippen LogP contribution >= 0.6 is 0 Å². The Labute approximate surface area is 289 Å². The number of amides is 1. The Hall–Kier alpha value is 0.620. The van der Waals surface area contributed by atoms with Gasteiger partial charge in [-0.1, -0.05) is 103 Å². The van der Waals surface area contributed by atoms with Crippen molar-refractivity contribution in [2.24, 2.45) is 0 Å². The molecule has 0 aliphatic rings. The minimum Gasteiger partial charge on any atom is -0.550 e. The molecule has 0 bridgehead atoms. The maximum atomic E-state index is 12.2. The van der Waals surface area contributed by atoms with Gasteiger partial charge in [-0.05, 0) is 12.5 Å². The number of rotatable bonds is 23. The summed E-state index contributed by atoms with van der Waals surface area (Å²) in [7, 11) is 0. The second-order valence-electron chi connectivity index (χ2n) is 8.90. The number of nitrogens with zero attached hydrogens (tertiary/aromatic N) is 1. The fourth-order valence-corrected chi connectivity index (χ4v) is 3.96. The number of carbonyl (C=O) groups is 4. The third-order valence-corrected chi connectivity index (χ3v) is 5.91. The predicted molar refractivity (Wildman–Crippen MR) is 124 cm³/mol. The summed E-state index contributed by atoms with van der Waals surface area (Å²) in [6.07, 6.45) is 18.9. The van der Waals surface area contributed by atoms with E-state index in [9.17, 15) is 34.5 Å². The summed E-state index contributed by atoms with van der Waals surface area (Å²) >= 11 is 0. The first-order chi connectivity index (χ1) is 16.3. The second kappa shape index (κ2) is 31.2. The van der Waals surface area contributed by atoms with Crippen LogP contribution in [-0.2, 0) is 19.2 Å². The van der Waals surface area contributed by atoms with Crippen molar-refractivity contribution in [1.29, 1.82) is 0 Å². The molecule has 8 nitrogen and oxygen atoms in total. The van der Waals surface area contributed by atoms with Gasteiger partial charge in [-0.2, -0.15) is 0 Å². The topological polar surface area (TPSA) is 141 Å². The number of unbranched alkanes of at least 4 members (excludes halogenated alkanes) is 15. The molecule has 0 heterocycles. The smallest absolute Gasteiger partial charge is 0.550 e. The Bertz CT molecular complexity index is 633. The van der Waals surface area contributed by atoms with Gasteiger partial charge in [0.2, 0.25) is 5.91 Å². The summed E-state index contributed by atoms with van der Waals surface area (Å²) in [5, 5.41) is 32.7. The van der Waals surface area contributed by atoms with Crippen molar-refractivity contribution in [2.75, 3.05) is 6.54 Å². The van der Waals surface area contributed by atoms with E-state index >= 15 is 0 Å². The molecule has 0 aliphatic carbocycles. The van der Waals surface area contributed by atoms with Gasteiger partial charge in [0.15, 0.2) is 0 Å². The van der Waals surface area contributed by atoms with E-state index in [1.807, 2.05) is 0 Å². The summed E-state index contributed by atoms with van der Waals surface area (Å²) in [6, 6.07) is -1.72. The van der Waals surface area contributed by atoms with Crippen molar-refractivity contribution in [1.82, 2.24) is 4.90 Å². The monoisotopic (exact) mass is 549 g/mol. The molecule has 11 heteroatoms. The fraction of sp³-hybridized carbons (Fsp3) is 0.769. The molecule has 0 aromatic rings. The molecule has 0 radical (unpaired) electrons. The molecule has 0 aromatic heterocycles. The molecule has 0 unspecified atom stereocenters. The van der Waals surface area contributed by atoms with Crippen LogP contribution in [0, 0.1) is 0 Å². The van der Waals surface area contributed by atoms with Crippen LogP contribution in [0.3, 0.4) is 0 Å². The van der Waals surface area contributed by atoms with Crippen LogP contribution in [-0.4, -0.2) is 41.3 Å². The van der Waals surface area contributed by atoms with Gasteiger partial charge in [0.25, 0.3) is 0 Å². The number of carboxylic acid groups (broad SMARTS) is 3. The third-order valence-electron chi connectivity index (χ3n) is 5.91. The van der Waals surface area contributed by atoms with Crippen molar-refractivity contribution in [3.8, 4) is 0 Å². The molecular formula is C26H42NNa3O7. The van der Waals surface area contributed by atoms with Crippen LogP contribution in [0.25, 0.3) is 0 Å². The zero-order valence-corrected chi connectivity index (χ0v) is 29.8. The van der Waals surface area contributed by atoms with Gasteiger partial charge in [-0.15, -0.1) is 0 Å². The standard InChI is InChI=1S/C26H45NO7.3Na/c1-2-3-4-5-6-7-8-9-10-11-12-13-14-15-16-17-20-27(23(28)18-19-24(29)30)22(26(33)34)21-25(31)32;;;/h18-19,22H,2-17,20-21H2,1H3,(H,29,30)(H,31,32)(H,33,34);;;/q;3*+1/p-3/t22-;;;/m0.../s1. The largest absolute Gasteiger partial charge is 1.00 e. The Balaban J connectivity index is -0.00000181. The number of carbonyl (C=O) groups excluding carboxylic acids is 4. The normalized spacial score (nSPS) is 11.1. The third kappa shape index (κ3) is 28.0. The van der Waals surface area contributed by atoms with Gasteiger partial charge < -0.3 is 34.6 Å². The number of hydrogen-bond donors (Lipinski definition) is 0. The van der Waals surface area contributed by atoms with Crippen molar-refractivity contribution in [2.45, 2.75) is 122 Å². The molecular weight excluding hydrogens is 507 g/mol. The predicted octanol–water partition coefficient (Wildman–Crippen LogP) is -7.35. The molecule has 0 rings (SSSR count). The zero-order valence-electron chi connectivity index (χ0n) is 23.8. The second-order valence-corrected chi connectivity index (χ2v) is 8.90. The Morgan fingerprint density at radius 2 is 1.00 bits per heavy atom. The number of carboxylic acids is 3. The average Bonchev–Trinajstić information content (AvgIpc) is 2.78. The minimum absolute atomic E-state index is 0. The first-order valence-corrected chi connectivity index (χ1v) is 12.9. The van der Waals surface area contributed by atoms with Crippen LogP contribution in [0.1, 0.15) is 116 Å². The molecule has 0 fully saturated rings. The summed E-state index contributed by atoms with van der Waals surface area (Å²) in [5.74, 6) is -5.89. The van der Waals surface area contributed by atoms with Crippen LogP contribution < -0.4 is 104 Å². The zero-order chi connectivity index (χ0) is 25.6. The molecule has 0 N–H and O–H groups in total. The van der Waals surface area contributed by atoms with Crippen LogP contribution in [0.4, 0.5) is 0 Å².